The Bertz CT molecular complexity index is 511. The summed E-state index contributed by atoms with van der Waals surface area (Å²) in [5, 5.41) is 2.27. The van der Waals surface area contributed by atoms with E-state index in [2.05, 4.69) is 5.32 Å². The van der Waals surface area contributed by atoms with Crippen LogP contribution < -0.4 is 10.1 Å². The number of nitrogens with zero attached hydrogens (tertiary/aromatic N) is 1. The molecule has 0 heterocycles. The van der Waals surface area contributed by atoms with Gasteiger partial charge in [0.2, 0.25) is 10.0 Å². The van der Waals surface area contributed by atoms with Crippen LogP contribution in [0.3, 0.4) is 0 Å². The van der Waals surface area contributed by atoms with Gasteiger partial charge in [0.15, 0.2) is 0 Å². The Morgan fingerprint density at radius 3 is 2.53 bits per heavy atom. The molecule has 0 bridgehead atoms. The van der Waals surface area contributed by atoms with Crippen molar-refractivity contribution in [2.75, 3.05) is 21.1 Å². The second kappa shape index (κ2) is 5.15. The maximum Gasteiger partial charge on any atom is 0.412 e. The van der Waals surface area contributed by atoms with E-state index >= 15 is 0 Å². The van der Waals surface area contributed by atoms with Crippen molar-refractivity contribution in [2.45, 2.75) is 4.90 Å². The molecule has 1 amide bonds. The Morgan fingerprint density at radius 1 is 1.35 bits per heavy atom. The number of hydrogen-bond acceptors (Lipinski definition) is 4. The van der Waals surface area contributed by atoms with Crippen LogP contribution in [-0.4, -0.2) is 40.0 Å². The summed E-state index contributed by atoms with van der Waals surface area (Å²) in [7, 11) is 0.763. The van der Waals surface area contributed by atoms with Gasteiger partial charge in [-0.05, 0) is 12.1 Å². The van der Waals surface area contributed by atoms with Crippen LogP contribution in [0.4, 0.5) is 4.79 Å². The number of rotatable bonds is 3. The van der Waals surface area contributed by atoms with Crippen molar-refractivity contribution in [3.63, 3.8) is 0 Å². The summed E-state index contributed by atoms with van der Waals surface area (Å²) in [6.07, 6.45) is -0.649. The Balaban J connectivity index is 3.06. The van der Waals surface area contributed by atoms with Crippen molar-refractivity contribution in [1.29, 1.82) is 0 Å². The first-order valence-electron chi connectivity index (χ1n) is 4.80. The molecule has 0 unspecified atom stereocenters. The molecule has 0 radical (unpaired) electrons. The molecule has 17 heavy (non-hydrogen) atoms. The monoisotopic (exact) mass is 258 g/mol. The first kappa shape index (κ1) is 13.5. The van der Waals surface area contributed by atoms with Gasteiger partial charge in [0.05, 0.1) is 4.90 Å². The van der Waals surface area contributed by atoms with Crippen LogP contribution in [0.25, 0.3) is 0 Å². The third kappa shape index (κ3) is 3.18. The van der Waals surface area contributed by atoms with Crippen molar-refractivity contribution in [1.82, 2.24) is 9.62 Å². The third-order valence-electron chi connectivity index (χ3n) is 2.00. The van der Waals surface area contributed by atoms with E-state index in [0.29, 0.717) is 0 Å². The molecule has 0 aliphatic heterocycles. The number of sulfonamides is 1. The minimum atomic E-state index is -3.52. The summed E-state index contributed by atoms with van der Waals surface area (Å²) >= 11 is 0. The van der Waals surface area contributed by atoms with Gasteiger partial charge in [-0.3, -0.25) is 0 Å². The van der Waals surface area contributed by atoms with E-state index in [1.54, 1.807) is 0 Å². The minimum Gasteiger partial charge on any atom is -0.410 e. The smallest absolute Gasteiger partial charge is 0.410 e. The lowest BCUT2D eigenvalue weighted by Gasteiger charge is -2.12. The van der Waals surface area contributed by atoms with Crippen molar-refractivity contribution < 1.29 is 17.9 Å². The van der Waals surface area contributed by atoms with Crippen LogP contribution in [0.15, 0.2) is 29.2 Å². The zero-order chi connectivity index (χ0) is 13.1. The highest BCUT2D eigenvalue weighted by molar-refractivity contribution is 7.89. The third-order valence-corrected chi connectivity index (χ3v) is 3.81. The van der Waals surface area contributed by atoms with Gasteiger partial charge in [-0.1, -0.05) is 6.07 Å². The predicted molar refractivity (Wildman–Crippen MR) is 62.4 cm³/mol. The van der Waals surface area contributed by atoms with Gasteiger partial charge in [-0.2, -0.15) is 0 Å². The fourth-order valence-electron chi connectivity index (χ4n) is 1.07. The molecule has 7 heteroatoms. The second-order valence-electron chi connectivity index (χ2n) is 3.40. The minimum absolute atomic E-state index is 0.0731. The largest absolute Gasteiger partial charge is 0.412 e. The molecule has 0 spiro atoms. The molecule has 1 aromatic carbocycles. The zero-order valence-electron chi connectivity index (χ0n) is 9.80. The first-order valence-corrected chi connectivity index (χ1v) is 6.24. The van der Waals surface area contributed by atoms with Crippen molar-refractivity contribution in [2.24, 2.45) is 0 Å². The molecule has 94 valence electrons. The normalized spacial score (nSPS) is 11.3. The molecule has 6 nitrogen and oxygen atoms in total. The Hall–Kier alpha value is -1.60. The van der Waals surface area contributed by atoms with Gasteiger partial charge in [0, 0.05) is 27.2 Å². The summed E-state index contributed by atoms with van der Waals surface area (Å²) in [4.78, 5) is 11.1. The lowest BCUT2D eigenvalue weighted by atomic mass is 10.3. The van der Waals surface area contributed by atoms with Crippen molar-refractivity contribution in [3.8, 4) is 5.75 Å². The predicted octanol–water partition coefficient (Wildman–Crippen LogP) is 0.655. The second-order valence-corrected chi connectivity index (χ2v) is 5.55. The Kier molecular flexibility index (Phi) is 4.08. The van der Waals surface area contributed by atoms with Gasteiger partial charge in [0.25, 0.3) is 0 Å². The highest BCUT2D eigenvalue weighted by Crippen LogP contribution is 2.19. The molecule has 0 aromatic heterocycles. The molecule has 0 saturated carbocycles. The summed E-state index contributed by atoms with van der Waals surface area (Å²) in [5.74, 6) is 0.173. The molecule has 1 aromatic rings. The van der Waals surface area contributed by atoms with Gasteiger partial charge < -0.3 is 10.1 Å². The lowest BCUT2D eigenvalue weighted by molar-refractivity contribution is 0.203. The standard InChI is InChI=1S/C10H14N2O4S/c1-11-10(13)16-8-5-4-6-9(7-8)17(14,15)12(2)3/h4-7H,1-3H3,(H,11,13). The maximum atomic E-state index is 11.8. The molecular formula is C10H14N2O4S. The molecule has 0 aliphatic carbocycles. The van der Waals surface area contributed by atoms with Gasteiger partial charge in [-0.25, -0.2) is 17.5 Å². The van der Waals surface area contributed by atoms with E-state index in [1.807, 2.05) is 0 Å². The van der Waals surface area contributed by atoms with Crippen molar-refractivity contribution >= 4 is 16.1 Å². The molecular weight excluding hydrogens is 244 g/mol. The molecule has 0 fully saturated rings. The van der Waals surface area contributed by atoms with Crippen LogP contribution in [-0.2, 0) is 10.0 Å². The molecule has 1 N–H and O–H groups in total. The zero-order valence-corrected chi connectivity index (χ0v) is 10.6. The van der Waals surface area contributed by atoms with Crippen LogP contribution in [0.1, 0.15) is 0 Å². The van der Waals surface area contributed by atoms with E-state index < -0.39 is 16.1 Å². The summed E-state index contributed by atoms with van der Waals surface area (Å²) in [6.45, 7) is 0. The summed E-state index contributed by atoms with van der Waals surface area (Å²) < 4.78 is 29.6. The number of amides is 1. The lowest BCUT2D eigenvalue weighted by Crippen LogP contribution is -2.23. The highest BCUT2D eigenvalue weighted by atomic mass is 32.2. The Labute approximate surface area is 100 Å². The number of carbonyl (C=O) groups excluding carboxylic acids is 1. The fourth-order valence-corrected chi connectivity index (χ4v) is 2.00. The Morgan fingerprint density at radius 2 is 2.00 bits per heavy atom. The average Bonchev–Trinajstić information content (AvgIpc) is 2.29. The summed E-state index contributed by atoms with van der Waals surface area (Å²) in [6, 6.07) is 5.75. The molecule has 1 rings (SSSR count). The van der Waals surface area contributed by atoms with Gasteiger partial charge in [0.1, 0.15) is 5.75 Å². The van der Waals surface area contributed by atoms with E-state index in [-0.39, 0.29) is 10.6 Å². The van der Waals surface area contributed by atoms with Crippen LogP contribution >= 0.6 is 0 Å². The van der Waals surface area contributed by atoms with E-state index in [9.17, 15) is 13.2 Å². The van der Waals surface area contributed by atoms with Crippen LogP contribution in [0.5, 0.6) is 5.75 Å². The SMILES string of the molecule is CNC(=O)Oc1cccc(S(=O)(=O)N(C)C)c1. The van der Waals surface area contributed by atoms with E-state index in [1.165, 1.54) is 45.4 Å². The number of nitrogens with one attached hydrogen (secondary N) is 1. The topological polar surface area (TPSA) is 75.7 Å². The highest BCUT2D eigenvalue weighted by Gasteiger charge is 2.17. The first-order chi connectivity index (χ1) is 7.87. The fraction of sp³-hybridized carbons (Fsp3) is 0.300. The van der Waals surface area contributed by atoms with Crippen molar-refractivity contribution in [3.05, 3.63) is 24.3 Å². The summed E-state index contributed by atoms with van der Waals surface area (Å²) in [5.41, 5.74) is 0. The van der Waals surface area contributed by atoms with E-state index in [0.717, 1.165) is 4.31 Å². The van der Waals surface area contributed by atoms with Gasteiger partial charge in [-0.15, -0.1) is 0 Å². The quantitative estimate of drug-likeness (QED) is 0.864. The average molecular weight is 258 g/mol. The van der Waals surface area contributed by atoms with Crippen LogP contribution in [0, 0.1) is 0 Å². The number of benzene rings is 1. The molecule has 0 atom stereocenters. The van der Waals surface area contributed by atoms with E-state index in [4.69, 9.17) is 4.74 Å². The number of hydrogen-bond donors (Lipinski definition) is 1. The van der Waals surface area contributed by atoms with Gasteiger partial charge >= 0.3 is 6.09 Å². The molecule has 0 aliphatic rings. The number of carbonyl (C=O) groups is 1. The van der Waals surface area contributed by atoms with Crippen LogP contribution in [0.2, 0.25) is 0 Å². The maximum absolute atomic E-state index is 11.8. The number of ether oxygens (including phenoxy) is 1. The molecule has 0 saturated heterocycles.